The first-order chi connectivity index (χ1) is 7.24. The molecule has 0 bridgehead atoms. The predicted molar refractivity (Wildman–Crippen MR) is 57.4 cm³/mol. The van der Waals surface area contributed by atoms with Crippen molar-refractivity contribution < 1.29 is 9.47 Å². The maximum absolute atomic E-state index is 5.25. The maximum atomic E-state index is 5.25. The van der Waals surface area contributed by atoms with Crippen LogP contribution in [0, 0.1) is 6.92 Å². The van der Waals surface area contributed by atoms with E-state index in [1.54, 1.807) is 20.4 Å². The first-order valence-electron chi connectivity index (χ1n) is 4.60. The predicted octanol–water partition coefficient (Wildman–Crippen LogP) is 1.96. The average Bonchev–Trinajstić information content (AvgIpc) is 2.27. The quantitative estimate of drug-likeness (QED) is 0.750. The summed E-state index contributed by atoms with van der Waals surface area (Å²) < 4.78 is 10.4. The van der Waals surface area contributed by atoms with Crippen LogP contribution in [0.3, 0.4) is 0 Å². The SMILES string of the molecule is COc1cc(OC)c2nc(C)ncc2c1. The van der Waals surface area contributed by atoms with Gasteiger partial charge in [0.05, 0.1) is 14.2 Å². The Balaban J connectivity index is 2.75. The molecule has 0 N–H and O–H groups in total. The number of aryl methyl sites for hydroxylation is 1. The molecule has 1 heterocycles. The van der Waals surface area contributed by atoms with E-state index in [9.17, 15) is 0 Å². The molecule has 1 aromatic heterocycles. The lowest BCUT2D eigenvalue weighted by Gasteiger charge is -2.07. The van der Waals surface area contributed by atoms with Gasteiger partial charge in [-0.3, -0.25) is 0 Å². The van der Waals surface area contributed by atoms with E-state index in [4.69, 9.17) is 9.47 Å². The number of rotatable bonds is 2. The number of benzene rings is 1. The molecule has 15 heavy (non-hydrogen) atoms. The highest BCUT2D eigenvalue weighted by Crippen LogP contribution is 2.28. The molecule has 0 radical (unpaired) electrons. The molecule has 0 unspecified atom stereocenters. The summed E-state index contributed by atoms with van der Waals surface area (Å²) in [4.78, 5) is 8.47. The first-order valence-corrected chi connectivity index (χ1v) is 4.60. The van der Waals surface area contributed by atoms with Crippen LogP contribution in [0.5, 0.6) is 11.5 Å². The van der Waals surface area contributed by atoms with Crippen molar-refractivity contribution in [1.29, 1.82) is 0 Å². The molecule has 78 valence electrons. The van der Waals surface area contributed by atoms with E-state index in [0.29, 0.717) is 5.75 Å². The first kappa shape index (κ1) is 9.71. The van der Waals surface area contributed by atoms with Crippen LogP contribution in [0.4, 0.5) is 0 Å². The molecule has 0 amide bonds. The number of hydrogen-bond donors (Lipinski definition) is 0. The van der Waals surface area contributed by atoms with Crippen LogP contribution < -0.4 is 9.47 Å². The Morgan fingerprint density at radius 1 is 1.13 bits per heavy atom. The molecule has 0 aliphatic carbocycles. The summed E-state index contributed by atoms with van der Waals surface area (Å²) in [5, 5.41) is 0.914. The molecule has 4 heteroatoms. The summed E-state index contributed by atoms with van der Waals surface area (Å²) in [7, 11) is 3.24. The van der Waals surface area contributed by atoms with Gasteiger partial charge in [-0.15, -0.1) is 0 Å². The zero-order valence-corrected chi connectivity index (χ0v) is 8.94. The maximum Gasteiger partial charge on any atom is 0.148 e. The second-order valence-corrected chi connectivity index (χ2v) is 3.18. The largest absolute Gasteiger partial charge is 0.497 e. The summed E-state index contributed by atoms with van der Waals surface area (Å²) in [5.41, 5.74) is 0.811. The lowest BCUT2D eigenvalue weighted by Crippen LogP contribution is -1.93. The molecular formula is C11H12N2O2. The van der Waals surface area contributed by atoms with Gasteiger partial charge in [0, 0.05) is 17.6 Å². The number of aromatic nitrogens is 2. The molecule has 0 spiro atoms. The Kier molecular flexibility index (Phi) is 2.41. The molecule has 0 fully saturated rings. The molecule has 0 atom stereocenters. The number of nitrogens with zero attached hydrogens (tertiary/aromatic N) is 2. The molecule has 0 saturated heterocycles. The third kappa shape index (κ3) is 1.70. The minimum Gasteiger partial charge on any atom is -0.497 e. The van der Waals surface area contributed by atoms with E-state index in [2.05, 4.69) is 9.97 Å². The lowest BCUT2D eigenvalue weighted by molar-refractivity contribution is 0.397. The van der Waals surface area contributed by atoms with Crippen LogP contribution in [0.25, 0.3) is 10.9 Å². The fourth-order valence-corrected chi connectivity index (χ4v) is 1.45. The summed E-state index contributed by atoms with van der Waals surface area (Å²) in [6, 6.07) is 3.70. The minimum absolute atomic E-state index is 0.704. The zero-order valence-electron chi connectivity index (χ0n) is 8.94. The average molecular weight is 204 g/mol. The van der Waals surface area contributed by atoms with Crippen LogP contribution in [0.2, 0.25) is 0 Å². The molecule has 0 aliphatic rings. The number of ether oxygens (including phenoxy) is 2. The molecule has 2 aromatic rings. The van der Waals surface area contributed by atoms with Gasteiger partial charge in [0.2, 0.25) is 0 Å². The van der Waals surface area contributed by atoms with Gasteiger partial charge in [0.25, 0.3) is 0 Å². The fraction of sp³-hybridized carbons (Fsp3) is 0.273. The molecule has 4 nitrogen and oxygen atoms in total. The molecule has 0 aliphatic heterocycles. The lowest BCUT2D eigenvalue weighted by atomic mass is 10.2. The Morgan fingerprint density at radius 2 is 1.93 bits per heavy atom. The van der Waals surface area contributed by atoms with E-state index < -0.39 is 0 Å². The molecule has 0 saturated carbocycles. The van der Waals surface area contributed by atoms with Crippen molar-refractivity contribution in [1.82, 2.24) is 9.97 Å². The van der Waals surface area contributed by atoms with Gasteiger partial charge in [-0.25, -0.2) is 9.97 Å². The zero-order chi connectivity index (χ0) is 10.8. The standard InChI is InChI=1S/C11H12N2O2/c1-7-12-6-8-4-9(14-2)5-10(15-3)11(8)13-7/h4-6H,1-3H3. The second kappa shape index (κ2) is 3.73. The van der Waals surface area contributed by atoms with Crippen molar-refractivity contribution in [3.05, 3.63) is 24.2 Å². The smallest absolute Gasteiger partial charge is 0.148 e. The molecular weight excluding hydrogens is 192 g/mol. The van der Waals surface area contributed by atoms with Crippen molar-refractivity contribution in [2.45, 2.75) is 6.92 Å². The molecule has 1 aromatic carbocycles. The second-order valence-electron chi connectivity index (χ2n) is 3.18. The Hall–Kier alpha value is -1.84. The highest BCUT2D eigenvalue weighted by atomic mass is 16.5. The van der Waals surface area contributed by atoms with Crippen LogP contribution in [0.15, 0.2) is 18.3 Å². The van der Waals surface area contributed by atoms with Gasteiger partial charge in [0.1, 0.15) is 22.8 Å². The molecule has 2 rings (SSSR count). The fourth-order valence-electron chi connectivity index (χ4n) is 1.45. The van der Waals surface area contributed by atoms with Crippen molar-refractivity contribution >= 4 is 10.9 Å². The van der Waals surface area contributed by atoms with Gasteiger partial charge in [-0.2, -0.15) is 0 Å². The highest BCUT2D eigenvalue weighted by molar-refractivity contribution is 5.85. The summed E-state index contributed by atoms with van der Waals surface area (Å²) in [6.07, 6.45) is 1.77. The van der Waals surface area contributed by atoms with E-state index in [-0.39, 0.29) is 0 Å². The number of hydrogen-bond acceptors (Lipinski definition) is 4. The third-order valence-electron chi connectivity index (χ3n) is 2.20. The number of fused-ring (bicyclic) bond motifs is 1. The van der Waals surface area contributed by atoms with Gasteiger partial charge in [-0.1, -0.05) is 0 Å². The monoisotopic (exact) mass is 204 g/mol. The Labute approximate surface area is 87.9 Å². The van der Waals surface area contributed by atoms with Crippen molar-refractivity contribution in [2.75, 3.05) is 14.2 Å². The number of methoxy groups -OCH3 is 2. The van der Waals surface area contributed by atoms with Crippen molar-refractivity contribution in [3.8, 4) is 11.5 Å². The topological polar surface area (TPSA) is 44.2 Å². The minimum atomic E-state index is 0.704. The van der Waals surface area contributed by atoms with Crippen LogP contribution >= 0.6 is 0 Å². The van der Waals surface area contributed by atoms with Gasteiger partial charge in [-0.05, 0) is 13.0 Å². The van der Waals surface area contributed by atoms with E-state index in [1.807, 2.05) is 19.1 Å². The van der Waals surface area contributed by atoms with Crippen LogP contribution in [-0.2, 0) is 0 Å². The Bertz CT molecular complexity index is 497. The van der Waals surface area contributed by atoms with Gasteiger partial charge >= 0.3 is 0 Å². The summed E-state index contributed by atoms with van der Waals surface area (Å²) >= 11 is 0. The van der Waals surface area contributed by atoms with Crippen LogP contribution in [0.1, 0.15) is 5.82 Å². The Morgan fingerprint density at radius 3 is 2.60 bits per heavy atom. The van der Waals surface area contributed by atoms with Gasteiger partial charge in [0.15, 0.2) is 0 Å². The summed E-state index contributed by atoms with van der Waals surface area (Å²) in [5.74, 6) is 2.17. The van der Waals surface area contributed by atoms with Gasteiger partial charge < -0.3 is 9.47 Å². The van der Waals surface area contributed by atoms with E-state index in [1.165, 1.54) is 0 Å². The van der Waals surface area contributed by atoms with Crippen molar-refractivity contribution in [2.24, 2.45) is 0 Å². The highest BCUT2D eigenvalue weighted by Gasteiger charge is 2.06. The van der Waals surface area contributed by atoms with Crippen LogP contribution in [-0.4, -0.2) is 24.2 Å². The normalized spacial score (nSPS) is 10.3. The summed E-state index contributed by atoms with van der Waals surface area (Å²) in [6.45, 7) is 1.85. The van der Waals surface area contributed by atoms with E-state index in [0.717, 1.165) is 22.5 Å². The van der Waals surface area contributed by atoms with E-state index >= 15 is 0 Å². The van der Waals surface area contributed by atoms with Crippen molar-refractivity contribution in [3.63, 3.8) is 0 Å². The third-order valence-corrected chi connectivity index (χ3v) is 2.20.